The molecule has 18 heavy (non-hydrogen) atoms. The average Bonchev–Trinajstić information content (AvgIpc) is 2.57. The molecule has 0 atom stereocenters. The molecule has 0 aliphatic carbocycles. The second-order valence-corrected chi connectivity index (χ2v) is 4.33. The monoisotopic (exact) mass is 257 g/mol. The van der Waals surface area contributed by atoms with Gasteiger partial charge in [-0.25, -0.2) is 0 Å². The highest BCUT2D eigenvalue weighted by molar-refractivity contribution is 7.80. The zero-order chi connectivity index (χ0) is 13.3. The van der Waals surface area contributed by atoms with Gasteiger partial charge in [-0.05, 0) is 36.0 Å². The van der Waals surface area contributed by atoms with Crippen LogP contribution in [0.1, 0.15) is 11.1 Å². The Labute approximate surface area is 111 Å². The second-order valence-electron chi connectivity index (χ2n) is 3.97. The van der Waals surface area contributed by atoms with Gasteiger partial charge in [0, 0.05) is 14.1 Å². The highest BCUT2D eigenvalue weighted by atomic mass is 32.1. The van der Waals surface area contributed by atoms with Gasteiger partial charge in [-0.2, -0.15) is 5.26 Å². The van der Waals surface area contributed by atoms with Gasteiger partial charge >= 0.3 is 0 Å². The van der Waals surface area contributed by atoms with Gasteiger partial charge in [0.2, 0.25) is 0 Å². The number of hydrogen-bond acceptors (Lipinski definition) is 3. The largest absolute Gasteiger partial charge is 0.317 e. The maximum atomic E-state index is 11.9. The fourth-order valence-electron chi connectivity index (χ4n) is 1.70. The van der Waals surface area contributed by atoms with Crippen molar-refractivity contribution in [3.63, 3.8) is 0 Å². The SMILES string of the molecule is CN1C(=O)/C(=C\c2ccc(C#N)cc2)N(C)C1=S. The number of nitriles is 1. The molecule has 1 fully saturated rings. The summed E-state index contributed by atoms with van der Waals surface area (Å²) >= 11 is 5.12. The van der Waals surface area contributed by atoms with Crippen molar-refractivity contribution in [2.24, 2.45) is 0 Å². The van der Waals surface area contributed by atoms with E-state index in [-0.39, 0.29) is 5.91 Å². The molecule has 0 radical (unpaired) electrons. The molecule has 0 unspecified atom stereocenters. The summed E-state index contributed by atoms with van der Waals surface area (Å²) in [5, 5.41) is 9.20. The number of nitrogens with zero attached hydrogens (tertiary/aromatic N) is 3. The summed E-state index contributed by atoms with van der Waals surface area (Å²) in [5.74, 6) is -0.119. The number of thiocarbonyl (C=S) groups is 1. The molecular formula is C13H11N3OS. The van der Waals surface area contributed by atoms with Gasteiger partial charge < -0.3 is 4.90 Å². The van der Waals surface area contributed by atoms with Crippen LogP contribution < -0.4 is 0 Å². The Morgan fingerprint density at radius 3 is 2.28 bits per heavy atom. The predicted molar refractivity (Wildman–Crippen MR) is 72.3 cm³/mol. The van der Waals surface area contributed by atoms with Gasteiger partial charge in [0.15, 0.2) is 5.11 Å². The molecule has 0 aromatic heterocycles. The number of likely N-dealkylation sites (N-methyl/N-ethyl adjacent to an activating group) is 2. The van der Waals surface area contributed by atoms with Gasteiger partial charge in [0.25, 0.3) is 5.91 Å². The first-order chi connectivity index (χ1) is 8.54. The van der Waals surface area contributed by atoms with E-state index in [9.17, 15) is 4.79 Å². The Bertz CT molecular complexity index is 583. The lowest BCUT2D eigenvalue weighted by atomic mass is 10.1. The summed E-state index contributed by atoms with van der Waals surface area (Å²) in [6, 6.07) is 9.08. The van der Waals surface area contributed by atoms with E-state index in [2.05, 4.69) is 6.07 Å². The Morgan fingerprint density at radius 2 is 1.83 bits per heavy atom. The molecule has 1 aromatic rings. The fraction of sp³-hybridized carbons (Fsp3) is 0.154. The summed E-state index contributed by atoms with van der Waals surface area (Å²) in [6.45, 7) is 0. The summed E-state index contributed by atoms with van der Waals surface area (Å²) in [5.41, 5.74) is 1.99. The molecule has 0 N–H and O–H groups in total. The first-order valence-electron chi connectivity index (χ1n) is 5.32. The molecule has 1 amide bonds. The zero-order valence-electron chi connectivity index (χ0n) is 10.0. The molecule has 0 bridgehead atoms. The van der Waals surface area contributed by atoms with Crippen LogP contribution in [0.25, 0.3) is 6.08 Å². The number of rotatable bonds is 1. The molecule has 4 nitrogen and oxygen atoms in total. The standard InChI is InChI=1S/C13H11N3OS/c1-15-11(12(17)16(2)13(15)18)7-9-3-5-10(8-14)6-4-9/h3-7H,1-2H3/b11-7+. The summed E-state index contributed by atoms with van der Waals surface area (Å²) in [7, 11) is 3.42. The van der Waals surface area contributed by atoms with Gasteiger partial charge in [-0.15, -0.1) is 0 Å². The van der Waals surface area contributed by atoms with Crippen molar-refractivity contribution in [1.29, 1.82) is 5.26 Å². The third-order valence-electron chi connectivity index (χ3n) is 2.80. The van der Waals surface area contributed by atoms with Crippen molar-refractivity contribution < 1.29 is 4.79 Å². The molecule has 1 saturated heterocycles. The minimum absolute atomic E-state index is 0.119. The topological polar surface area (TPSA) is 47.3 Å². The van der Waals surface area contributed by atoms with Gasteiger partial charge in [0.05, 0.1) is 11.6 Å². The van der Waals surface area contributed by atoms with Crippen molar-refractivity contribution in [3.8, 4) is 6.07 Å². The minimum Gasteiger partial charge on any atom is -0.317 e. The number of benzene rings is 1. The number of hydrogen-bond donors (Lipinski definition) is 0. The van der Waals surface area contributed by atoms with Crippen molar-refractivity contribution in [2.75, 3.05) is 14.1 Å². The van der Waals surface area contributed by atoms with Gasteiger partial charge in [0.1, 0.15) is 5.70 Å². The van der Waals surface area contributed by atoms with Crippen LogP contribution in [0.3, 0.4) is 0 Å². The quantitative estimate of drug-likeness (QED) is 0.566. The highest BCUT2D eigenvalue weighted by Gasteiger charge is 2.32. The van der Waals surface area contributed by atoms with Crippen LogP contribution in [0.5, 0.6) is 0 Å². The first kappa shape index (κ1) is 12.3. The number of carbonyl (C=O) groups is 1. The molecule has 1 aliphatic heterocycles. The lowest BCUT2D eigenvalue weighted by Gasteiger charge is -2.11. The summed E-state index contributed by atoms with van der Waals surface area (Å²) in [4.78, 5) is 15.0. The fourth-order valence-corrected chi connectivity index (χ4v) is 1.88. The van der Waals surface area contributed by atoms with E-state index in [0.29, 0.717) is 16.4 Å². The van der Waals surface area contributed by atoms with Crippen molar-refractivity contribution in [3.05, 3.63) is 41.1 Å². The van der Waals surface area contributed by atoms with Gasteiger partial charge in [-0.1, -0.05) is 12.1 Å². The number of amides is 1. The Kier molecular flexibility index (Phi) is 3.13. The van der Waals surface area contributed by atoms with Crippen LogP contribution in [0.2, 0.25) is 0 Å². The van der Waals surface area contributed by atoms with E-state index < -0.39 is 0 Å². The van der Waals surface area contributed by atoms with E-state index in [1.807, 2.05) is 0 Å². The molecule has 1 aromatic carbocycles. The van der Waals surface area contributed by atoms with E-state index >= 15 is 0 Å². The summed E-state index contributed by atoms with van der Waals surface area (Å²) < 4.78 is 0. The van der Waals surface area contributed by atoms with Crippen molar-refractivity contribution in [1.82, 2.24) is 9.80 Å². The first-order valence-corrected chi connectivity index (χ1v) is 5.73. The van der Waals surface area contributed by atoms with E-state index in [4.69, 9.17) is 17.5 Å². The molecule has 90 valence electrons. The zero-order valence-corrected chi connectivity index (χ0v) is 10.9. The van der Waals surface area contributed by atoms with Crippen LogP contribution in [-0.2, 0) is 4.79 Å². The van der Waals surface area contributed by atoms with Crippen LogP contribution in [-0.4, -0.2) is 34.9 Å². The highest BCUT2D eigenvalue weighted by Crippen LogP contribution is 2.20. The van der Waals surface area contributed by atoms with Crippen LogP contribution >= 0.6 is 12.2 Å². The molecule has 1 heterocycles. The molecule has 0 spiro atoms. The molecule has 2 rings (SSSR count). The van der Waals surface area contributed by atoms with Crippen molar-refractivity contribution >= 4 is 29.3 Å². The maximum absolute atomic E-state index is 11.9. The van der Waals surface area contributed by atoms with Gasteiger partial charge in [-0.3, -0.25) is 9.69 Å². The Morgan fingerprint density at radius 1 is 1.22 bits per heavy atom. The normalized spacial score (nSPS) is 17.5. The third kappa shape index (κ3) is 1.98. The van der Waals surface area contributed by atoms with Crippen LogP contribution in [0.4, 0.5) is 0 Å². The van der Waals surface area contributed by atoms with E-state index in [1.54, 1.807) is 49.3 Å². The lowest BCUT2D eigenvalue weighted by Crippen LogP contribution is -2.26. The van der Waals surface area contributed by atoms with Crippen LogP contribution in [0.15, 0.2) is 30.0 Å². The smallest absolute Gasteiger partial charge is 0.276 e. The molecule has 0 saturated carbocycles. The Hall–Kier alpha value is -2.19. The van der Waals surface area contributed by atoms with E-state index in [0.717, 1.165) is 5.56 Å². The molecule has 5 heteroatoms. The minimum atomic E-state index is -0.119. The predicted octanol–water partition coefficient (Wildman–Crippen LogP) is 1.59. The van der Waals surface area contributed by atoms with E-state index in [1.165, 1.54) is 4.90 Å². The maximum Gasteiger partial charge on any atom is 0.276 e. The number of carbonyl (C=O) groups excluding carboxylic acids is 1. The average molecular weight is 257 g/mol. The second kappa shape index (κ2) is 4.59. The van der Waals surface area contributed by atoms with Crippen LogP contribution in [0, 0.1) is 11.3 Å². The molecule has 1 aliphatic rings. The lowest BCUT2D eigenvalue weighted by molar-refractivity contribution is -0.121. The third-order valence-corrected chi connectivity index (χ3v) is 3.35. The molecular weight excluding hydrogens is 246 g/mol. The Balaban J connectivity index is 2.36. The van der Waals surface area contributed by atoms with Crippen molar-refractivity contribution in [2.45, 2.75) is 0 Å². The summed E-state index contributed by atoms with van der Waals surface area (Å²) in [6.07, 6.45) is 1.76.